The van der Waals surface area contributed by atoms with Crippen molar-refractivity contribution in [2.45, 2.75) is 219 Å². The van der Waals surface area contributed by atoms with Crippen LogP contribution >= 0.6 is 0 Å². The van der Waals surface area contributed by atoms with Crippen LogP contribution in [0.4, 0.5) is 0 Å². The summed E-state index contributed by atoms with van der Waals surface area (Å²) in [6.07, 6.45) is 39.7. The Kier molecular flexibility index (Phi) is 52.8. The average molecular weight is 678 g/mol. The van der Waals surface area contributed by atoms with Crippen molar-refractivity contribution in [2.24, 2.45) is 0 Å². The van der Waals surface area contributed by atoms with Gasteiger partial charge >= 0.3 is 34.1 Å². The molecule has 6 heteroatoms. The largest absolute Gasteiger partial charge is 2.00 e. The van der Waals surface area contributed by atoms with E-state index in [1.165, 1.54) is 167 Å². The maximum absolute atomic E-state index is 10.2. The molecule has 0 amide bonds. The summed E-state index contributed by atoms with van der Waals surface area (Å²) in [6.45, 7) is 4.53. The smallest absolute Gasteiger partial charge is 0.550 e. The van der Waals surface area contributed by atoms with Gasteiger partial charge in [0.15, 0.2) is 0 Å². The number of hydrogen-bond donors (Lipinski definition) is 0. The molecule has 1 radical (unpaired) electrons. The quantitative estimate of drug-likeness (QED) is 0.0524. The monoisotopic (exact) mass is 677 g/mol. The fourth-order valence-electron chi connectivity index (χ4n) is 5.28. The Labute approximate surface area is 284 Å². The van der Waals surface area contributed by atoms with Crippen molar-refractivity contribution >= 4 is 11.9 Å². The van der Waals surface area contributed by atoms with E-state index in [0.29, 0.717) is 0 Å². The third-order valence-electron chi connectivity index (χ3n) is 7.97. The Morgan fingerprint density at radius 3 is 0.619 bits per heavy atom. The standard InChI is InChI=1S/2C18H36O2.Fe.Mn/c2*1-2-3-4-5-6-7-8-9-10-11-12-13-14-15-16-17-18(19)20;;/h2*2-17H2,1H3,(H,19,20);;/q;;2*+2/p-2. The van der Waals surface area contributed by atoms with E-state index in [9.17, 15) is 19.8 Å². The molecule has 0 atom stereocenters. The van der Waals surface area contributed by atoms with Gasteiger partial charge in [0.1, 0.15) is 0 Å². The maximum atomic E-state index is 10.2. The first-order valence-electron chi connectivity index (χ1n) is 17.9. The van der Waals surface area contributed by atoms with Crippen molar-refractivity contribution in [2.75, 3.05) is 0 Å². The minimum absolute atomic E-state index is 0. The van der Waals surface area contributed by atoms with E-state index in [1.807, 2.05) is 0 Å². The van der Waals surface area contributed by atoms with Crippen LogP contribution < -0.4 is 10.2 Å². The van der Waals surface area contributed by atoms with Crippen molar-refractivity contribution in [3.8, 4) is 0 Å². The predicted molar refractivity (Wildman–Crippen MR) is 169 cm³/mol. The fraction of sp³-hybridized carbons (Fsp3) is 0.944. The Morgan fingerprint density at radius 2 is 0.476 bits per heavy atom. The zero-order valence-electron chi connectivity index (χ0n) is 28.0. The van der Waals surface area contributed by atoms with Gasteiger partial charge in [-0.05, 0) is 25.7 Å². The molecular weight excluding hydrogens is 607 g/mol. The molecule has 0 saturated heterocycles. The van der Waals surface area contributed by atoms with Gasteiger partial charge in [-0.15, -0.1) is 0 Å². The topological polar surface area (TPSA) is 80.3 Å². The molecule has 42 heavy (non-hydrogen) atoms. The average Bonchev–Trinajstić information content (AvgIpc) is 2.93. The second kappa shape index (κ2) is 45.4. The van der Waals surface area contributed by atoms with Crippen LogP contribution in [-0.2, 0) is 43.7 Å². The molecular formula is C36H70FeMnO4+2. The van der Waals surface area contributed by atoms with Crippen LogP contribution in [0.1, 0.15) is 219 Å². The number of carboxylic acids is 2. The van der Waals surface area contributed by atoms with Gasteiger partial charge in [0.25, 0.3) is 0 Å². The van der Waals surface area contributed by atoms with Crippen LogP contribution in [0.25, 0.3) is 0 Å². The van der Waals surface area contributed by atoms with E-state index in [-0.39, 0.29) is 47.0 Å². The van der Waals surface area contributed by atoms with Crippen LogP contribution in [-0.4, -0.2) is 11.9 Å². The van der Waals surface area contributed by atoms with E-state index < -0.39 is 11.9 Å². The summed E-state index contributed by atoms with van der Waals surface area (Å²) in [5.74, 6) is -1.81. The van der Waals surface area contributed by atoms with Crippen molar-refractivity contribution in [1.29, 1.82) is 0 Å². The zero-order valence-corrected chi connectivity index (χ0v) is 30.3. The third-order valence-corrected chi connectivity index (χ3v) is 7.97. The van der Waals surface area contributed by atoms with Gasteiger partial charge in [-0.2, -0.15) is 0 Å². The Morgan fingerprint density at radius 1 is 0.333 bits per heavy atom. The van der Waals surface area contributed by atoms with Gasteiger partial charge in [-0.1, -0.05) is 194 Å². The molecule has 0 rings (SSSR count). The molecule has 0 aromatic rings. The van der Waals surface area contributed by atoms with Crippen molar-refractivity contribution in [1.82, 2.24) is 0 Å². The Bertz CT molecular complexity index is 461. The van der Waals surface area contributed by atoms with Crippen LogP contribution in [0.3, 0.4) is 0 Å². The molecule has 0 N–H and O–H groups in total. The van der Waals surface area contributed by atoms with Crippen LogP contribution in [0, 0.1) is 0 Å². The second-order valence-electron chi connectivity index (χ2n) is 12.1. The van der Waals surface area contributed by atoms with Crippen molar-refractivity contribution < 1.29 is 53.9 Å². The van der Waals surface area contributed by atoms with Gasteiger partial charge in [-0.25, -0.2) is 0 Å². The van der Waals surface area contributed by atoms with Gasteiger partial charge in [0, 0.05) is 11.9 Å². The predicted octanol–water partition coefficient (Wildman–Crippen LogP) is 9.99. The number of carboxylic acid groups (broad SMARTS) is 2. The molecule has 0 heterocycles. The molecule has 0 aliphatic heterocycles. The van der Waals surface area contributed by atoms with Crippen LogP contribution in [0.5, 0.6) is 0 Å². The minimum Gasteiger partial charge on any atom is -0.550 e. The molecule has 0 spiro atoms. The van der Waals surface area contributed by atoms with Gasteiger partial charge in [0.2, 0.25) is 0 Å². The van der Waals surface area contributed by atoms with Gasteiger partial charge < -0.3 is 19.8 Å². The van der Waals surface area contributed by atoms with Gasteiger partial charge in [0.05, 0.1) is 0 Å². The van der Waals surface area contributed by atoms with E-state index in [1.54, 1.807) is 0 Å². The summed E-state index contributed by atoms with van der Waals surface area (Å²) in [7, 11) is 0. The molecule has 0 aliphatic carbocycles. The molecule has 4 nitrogen and oxygen atoms in total. The normalized spacial score (nSPS) is 10.3. The number of hydrogen-bond acceptors (Lipinski definition) is 4. The first-order chi connectivity index (χ1) is 19.5. The summed E-state index contributed by atoms with van der Waals surface area (Å²) in [5, 5.41) is 20.4. The van der Waals surface area contributed by atoms with E-state index >= 15 is 0 Å². The summed E-state index contributed by atoms with van der Waals surface area (Å²) in [5.41, 5.74) is 0. The van der Waals surface area contributed by atoms with Crippen LogP contribution in [0.2, 0.25) is 0 Å². The number of unbranched alkanes of at least 4 members (excludes halogenated alkanes) is 28. The van der Waals surface area contributed by atoms with E-state index in [2.05, 4.69) is 13.8 Å². The SMILES string of the molecule is CCCCCCCCCCCCCCCCCC(=O)[O-].CCCCCCCCCCCCCCCCCC(=O)[O-].[Fe+2].[Mn+2]. The minimum atomic E-state index is -0.903. The Hall–Kier alpha value is -0.0210. The molecule has 0 saturated carbocycles. The number of aliphatic carboxylic acids is 2. The molecule has 251 valence electrons. The van der Waals surface area contributed by atoms with Crippen LogP contribution in [0.15, 0.2) is 0 Å². The van der Waals surface area contributed by atoms with Crippen molar-refractivity contribution in [3.05, 3.63) is 0 Å². The Balaban J connectivity index is -0.000000328. The maximum Gasteiger partial charge on any atom is 2.00 e. The molecule has 0 aromatic heterocycles. The number of rotatable bonds is 32. The second-order valence-corrected chi connectivity index (χ2v) is 12.1. The third kappa shape index (κ3) is 52.6. The molecule has 0 fully saturated rings. The summed E-state index contributed by atoms with van der Waals surface area (Å²) >= 11 is 0. The molecule has 0 unspecified atom stereocenters. The van der Waals surface area contributed by atoms with Gasteiger partial charge in [-0.3, -0.25) is 0 Å². The zero-order chi connectivity index (χ0) is 29.8. The summed E-state index contributed by atoms with van der Waals surface area (Å²) < 4.78 is 0. The fourth-order valence-corrected chi connectivity index (χ4v) is 5.28. The van der Waals surface area contributed by atoms with E-state index in [0.717, 1.165) is 25.7 Å². The number of carbonyl (C=O) groups is 2. The summed E-state index contributed by atoms with van der Waals surface area (Å²) in [6, 6.07) is 0. The summed E-state index contributed by atoms with van der Waals surface area (Å²) in [4.78, 5) is 20.4. The molecule has 0 aliphatic rings. The molecule has 0 bridgehead atoms. The first-order valence-corrected chi connectivity index (χ1v) is 17.9. The van der Waals surface area contributed by atoms with Crippen molar-refractivity contribution in [3.63, 3.8) is 0 Å². The van der Waals surface area contributed by atoms with E-state index in [4.69, 9.17) is 0 Å². The first kappa shape index (κ1) is 48.9. The number of carbonyl (C=O) groups excluding carboxylic acids is 2. The molecule has 0 aromatic carbocycles.